The molecule has 2 atom stereocenters. The Bertz CT molecular complexity index is 1150. The minimum absolute atomic E-state index is 0.0808. The molecule has 3 heterocycles. The normalized spacial score (nSPS) is 25.4. The summed E-state index contributed by atoms with van der Waals surface area (Å²) < 4.78 is 5.51. The van der Waals surface area contributed by atoms with E-state index in [4.69, 9.17) is 4.74 Å². The number of hydrogen-bond donors (Lipinski definition) is 2. The second kappa shape index (κ2) is 11.4. The summed E-state index contributed by atoms with van der Waals surface area (Å²) in [6.07, 6.45) is 3.07. The molecule has 1 aromatic rings. The van der Waals surface area contributed by atoms with Gasteiger partial charge in [0, 0.05) is 24.4 Å². The van der Waals surface area contributed by atoms with E-state index in [-0.39, 0.29) is 47.0 Å². The third kappa shape index (κ3) is 6.68. The summed E-state index contributed by atoms with van der Waals surface area (Å²) in [4.78, 5) is 54.5. The molecule has 3 aliphatic rings. The Labute approximate surface area is 227 Å². The molecule has 2 aliphatic heterocycles. The van der Waals surface area contributed by atoms with Crippen LogP contribution in [0.3, 0.4) is 0 Å². The third-order valence-corrected chi connectivity index (χ3v) is 8.35. The van der Waals surface area contributed by atoms with Crippen LogP contribution in [0, 0.1) is 29.1 Å². The Morgan fingerprint density at radius 2 is 1.89 bits per heavy atom. The highest BCUT2D eigenvalue weighted by atomic mass is 32.1. The van der Waals surface area contributed by atoms with Gasteiger partial charge in [-0.05, 0) is 64.9 Å². The van der Waals surface area contributed by atoms with Crippen molar-refractivity contribution in [2.24, 2.45) is 17.3 Å². The van der Waals surface area contributed by atoms with Crippen molar-refractivity contribution in [1.82, 2.24) is 10.2 Å². The molecule has 0 bridgehead atoms. The topological polar surface area (TPSA) is 116 Å². The van der Waals surface area contributed by atoms with Gasteiger partial charge in [0.05, 0.1) is 29.6 Å². The summed E-state index contributed by atoms with van der Waals surface area (Å²) >= 11 is 1.08. The van der Waals surface area contributed by atoms with Crippen LogP contribution in [0.5, 0.6) is 0 Å². The summed E-state index contributed by atoms with van der Waals surface area (Å²) in [6, 6.07) is 1.33. The number of nitrogens with one attached hydrogen (secondary N) is 1. The average Bonchev–Trinajstić information content (AvgIpc) is 3.58. The second-order valence-electron chi connectivity index (χ2n) is 11.7. The number of carboxylic acids is 1. The molecule has 2 N–H and O–H groups in total. The first-order valence-corrected chi connectivity index (χ1v) is 14.2. The molecule has 206 valence electrons. The van der Waals surface area contributed by atoms with Gasteiger partial charge in [-0.15, -0.1) is 11.3 Å². The molecule has 9 nitrogen and oxygen atoms in total. The largest absolute Gasteiger partial charge is 0.477 e. The first-order valence-electron chi connectivity index (χ1n) is 13.4. The Morgan fingerprint density at radius 1 is 1.18 bits per heavy atom. The van der Waals surface area contributed by atoms with E-state index in [1.54, 1.807) is 15.9 Å². The minimum Gasteiger partial charge on any atom is -0.477 e. The molecule has 4 rings (SSSR count). The van der Waals surface area contributed by atoms with E-state index in [2.05, 4.69) is 24.1 Å². The van der Waals surface area contributed by atoms with Gasteiger partial charge in [0.25, 0.3) is 0 Å². The van der Waals surface area contributed by atoms with Gasteiger partial charge >= 0.3 is 12.1 Å². The molecule has 38 heavy (non-hydrogen) atoms. The molecule has 1 aromatic heterocycles. The number of carbonyl (C=O) groups excluding carboxylic acids is 3. The summed E-state index contributed by atoms with van der Waals surface area (Å²) in [5.74, 6) is 5.28. The SMILES string of the molecule is CC(C)(C)C#Cc1cc(N(C(=O)[C@H]2CC[C@H](C)CC2)[C@H]2CCN(C(=O)O[C@H]3CNC(=O)C3)C2)c(C(=O)O)s1. The number of thiophene rings is 1. The van der Waals surface area contributed by atoms with Gasteiger partial charge in [-0.2, -0.15) is 0 Å². The highest BCUT2D eigenvalue weighted by Crippen LogP contribution is 2.38. The number of carboxylic acid groups (broad SMARTS) is 1. The maximum absolute atomic E-state index is 14.0. The number of anilines is 1. The lowest BCUT2D eigenvalue weighted by Gasteiger charge is -2.34. The number of carbonyl (C=O) groups is 4. The fraction of sp³-hybridized carbons (Fsp3) is 0.643. The Morgan fingerprint density at radius 3 is 2.50 bits per heavy atom. The molecule has 1 aliphatic carbocycles. The molecular formula is C28H37N3O6S. The van der Waals surface area contributed by atoms with E-state index in [9.17, 15) is 24.3 Å². The van der Waals surface area contributed by atoms with Crippen molar-refractivity contribution in [2.75, 3.05) is 24.5 Å². The van der Waals surface area contributed by atoms with Crippen LogP contribution < -0.4 is 10.2 Å². The zero-order valence-corrected chi connectivity index (χ0v) is 23.4. The monoisotopic (exact) mass is 543 g/mol. The Hall–Kier alpha value is -3.06. The van der Waals surface area contributed by atoms with Crippen LogP contribution in [0.4, 0.5) is 10.5 Å². The molecule has 0 radical (unpaired) electrons. The van der Waals surface area contributed by atoms with E-state index < -0.39 is 18.2 Å². The van der Waals surface area contributed by atoms with Crippen molar-refractivity contribution in [2.45, 2.75) is 78.4 Å². The number of ether oxygens (including phenoxy) is 1. The number of nitrogens with zero attached hydrogens (tertiary/aromatic N) is 2. The highest BCUT2D eigenvalue weighted by Gasteiger charge is 2.40. The van der Waals surface area contributed by atoms with Crippen LogP contribution in [-0.2, 0) is 14.3 Å². The van der Waals surface area contributed by atoms with E-state index >= 15 is 0 Å². The molecule has 0 aromatic carbocycles. The first-order chi connectivity index (χ1) is 17.9. The van der Waals surface area contributed by atoms with E-state index in [1.165, 1.54) is 0 Å². The standard InChI is InChI=1S/C28H37N3O6S/c1-17-5-7-18(8-6-17)25(33)31(22-14-21(9-11-28(2,3)4)38-24(22)26(34)35)19-10-12-30(16-19)27(36)37-20-13-23(32)29-15-20/h14,17-20H,5-8,10,12-13,15-16H2,1-4H3,(H,29,32)(H,34,35)/t17-,18-,19-,20+/m0/s1. The van der Waals surface area contributed by atoms with E-state index in [1.807, 2.05) is 20.8 Å². The minimum atomic E-state index is -1.10. The average molecular weight is 544 g/mol. The molecule has 1 saturated carbocycles. The Kier molecular flexibility index (Phi) is 8.36. The lowest BCUT2D eigenvalue weighted by Crippen LogP contribution is -2.47. The van der Waals surface area contributed by atoms with Crippen molar-refractivity contribution in [3.63, 3.8) is 0 Å². The maximum Gasteiger partial charge on any atom is 0.410 e. The number of rotatable bonds is 5. The van der Waals surface area contributed by atoms with Gasteiger partial charge in [0.1, 0.15) is 11.0 Å². The fourth-order valence-corrected chi connectivity index (χ4v) is 6.06. The van der Waals surface area contributed by atoms with Crippen molar-refractivity contribution >= 4 is 40.9 Å². The molecule has 3 amide bonds. The Balaban J connectivity index is 1.61. The molecule has 0 unspecified atom stereocenters. The summed E-state index contributed by atoms with van der Waals surface area (Å²) in [5, 5.41) is 12.7. The highest BCUT2D eigenvalue weighted by molar-refractivity contribution is 7.15. The summed E-state index contributed by atoms with van der Waals surface area (Å²) in [7, 11) is 0. The lowest BCUT2D eigenvalue weighted by molar-refractivity contribution is -0.124. The maximum atomic E-state index is 14.0. The second-order valence-corrected chi connectivity index (χ2v) is 12.7. The molecular weight excluding hydrogens is 506 g/mol. The van der Waals surface area contributed by atoms with Crippen molar-refractivity contribution in [3.8, 4) is 11.8 Å². The van der Waals surface area contributed by atoms with Gasteiger partial charge in [0.2, 0.25) is 11.8 Å². The predicted molar refractivity (Wildman–Crippen MR) is 144 cm³/mol. The summed E-state index contributed by atoms with van der Waals surface area (Å²) in [5.41, 5.74) is 0.100. The van der Waals surface area contributed by atoms with E-state index in [0.717, 1.165) is 37.0 Å². The fourth-order valence-electron chi connectivity index (χ4n) is 5.22. The van der Waals surface area contributed by atoms with Gasteiger partial charge in [-0.1, -0.05) is 18.8 Å². The number of hydrogen-bond acceptors (Lipinski definition) is 6. The molecule has 0 spiro atoms. The van der Waals surface area contributed by atoms with Crippen molar-refractivity contribution in [1.29, 1.82) is 0 Å². The summed E-state index contributed by atoms with van der Waals surface area (Å²) in [6.45, 7) is 9.05. The van der Waals surface area contributed by atoms with Crippen LogP contribution >= 0.6 is 11.3 Å². The molecule has 10 heteroatoms. The third-order valence-electron chi connectivity index (χ3n) is 7.32. The predicted octanol–water partition coefficient (Wildman–Crippen LogP) is 4.10. The van der Waals surface area contributed by atoms with Gasteiger partial charge in [-0.25, -0.2) is 9.59 Å². The van der Waals surface area contributed by atoms with Crippen LogP contribution in [0.15, 0.2) is 6.07 Å². The van der Waals surface area contributed by atoms with Gasteiger partial charge in [-0.3, -0.25) is 9.59 Å². The van der Waals surface area contributed by atoms with Crippen molar-refractivity contribution < 1.29 is 29.0 Å². The zero-order valence-electron chi connectivity index (χ0n) is 22.5. The van der Waals surface area contributed by atoms with Crippen LogP contribution in [-0.4, -0.2) is 65.7 Å². The van der Waals surface area contributed by atoms with E-state index in [0.29, 0.717) is 36.0 Å². The smallest absolute Gasteiger partial charge is 0.410 e. The number of likely N-dealkylation sites (tertiary alicyclic amines) is 1. The van der Waals surface area contributed by atoms with Gasteiger partial charge < -0.3 is 25.0 Å². The number of aromatic carboxylic acids is 1. The van der Waals surface area contributed by atoms with Crippen molar-refractivity contribution in [3.05, 3.63) is 15.8 Å². The zero-order chi connectivity index (χ0) is 27.6. The lowest BCUT2D eigenvalue weighted by atomic mass is 9.82. The first kappa shape index (κ1) is 28.0. The quantitative estimate of drug-likeness (QED) is 0.540. The molecule has 3 fully saturated rings. The van der Waals surface area contributed by atoms with Crippen LogP contribution in [0.2, 0.25) is 0 Å². The molecule has 2 saturated heterocycles. The number of amides is 3. The van der Waals surface area contributed by atoms with Crippen LogP contribution in [0.25, 0.3) is 0 Å². The van der Waals surface area contributed by atoms with Gasteiger partial charge in [0.15, 0.2) is 0 Å². The van der Waals surface area contributed by atoms with Crippen LogP contribution in [0.1, 0.15) is 80.8 Å².